The van der Waals surface area contributed by atoms with Gasteiger partial charge >= 0.3 is 0 Å². The molecule has 9 heteroatoms. The number of hydrogen-bond acceptors (Lipinski definition) is 5. The molecule has 0 aromatic heterocycles. The fourth-order valence-electron chi connectivity index (χ4n) is 2.77. The van der Waals surface area contributed by atoms with Crippen molar-refractivity contribution in [3.05, 3.63) is 47.5 Å². The van der Waals surface area contributed by atoms with Gasteiger partial charge in [-0.2, -0.15) is 0 Å². The van der Waals surface area contributed by atoms with Gasteiger partial charge in [0.25, 0.3) is 0 Å². The highest BCUT2D eigenvalue weighted by molar-refractivity contribution is 7.92. The lowest BCUT2D eigenvalue weighted by molar-refractivity contribution is -0.116. The van der Waals surface area contributed by atoms with Crippen LogP contribution in [0, 0.1) is 0 Å². The summed E-state index contributed by atoms with van der Waals surface area (Å²) in [5.74, 6) is 0.513. The Hall–Kier alpha value is -2.45. The van der Waals surface area contributed by atoms with Gasteiger partial charge in [-0.1, -0.05) is 17.7 Å². The summed E-state index contributed by atoms with van der Waals surface area (Å²) in [5.41, 5.74) is 0.763. The van der Waals surface area contributed by atoms with Gasteiger partial charge < -0.3 is 14.8 Å². The van der Waals surface area contributed by atoms with E-state index in [2.05, 4.69) is 5.32 Å². The molecule has 158 valence electrons. The highest BCUT2D eigenvalue weighted by atomic mass is 35.5. The maximum Gasteiger partial charge on any atom is 0.247 e. The highest BCUT2D eigenvalue weighted by Gasteiger charge is 2.29. The Morgan fingerprint density at radius 2 is 1.83 bits per heavy atom. The summed E-state index contributed by atoms with van der Waals surface area (Å²) in [6.45, 7) is 5.30. The second-order valence-corrected chi connectivity index (χ2v) is 9.00. The fraction of sp³-hybridized carbons (Fsp3) is 0.350. The Kier molecular flexibility index (Phi) is 7.37. The molecule has 0 spiro atoms. The number of anilines is 2. The van der Waals surface area contributed by atoms with E-state index in [4.69, 9.17) is 21.1 Å². The van der Waals surface area contributed by atoms with Crippen LogP contribution in [-0.2, 0) is 14.8 Å². The van der Waals surface area contributed by atoms with E-state index in [1.54, 1.807) is 30.3 Å². The molecule has 7 nitrogen and oxygen atoms in total. The summed E-state index contributed by atoms with van der Waals surface area (Å²) in [6, 6.07) is 10.4. The number of methoxy groups -OCH3 is 1. The van der Waals surface area contributed by atoms with Crippen LogP contribution in [0.4, 0.5) is 11.4 Å². The van der Waals surface area contributed by atoms with Gasteiger partial charge in [0.05, 0.1) is 30.2 Å². The van der Waals surface area contributed by atoms with E-state index >= 15 is 0 Å². The number of amides is 1. The summed E-state index contributed by atoms with van der Waals surface area (Å²) < 4.78 is 36.6. The first-order chi connectivity index (χ1) is 13.5. The van der Waals surface area contributed by atoms with E-state index < -0.39 is 22.0 Å². The number of carbonyl (C=O) groups excluding carboxylic acids is 1. The first-order valence-electron chi connectivity index (χ1n) is 8.93. The molecule has 0 radical (unpaired) electrons. The lowest BCUT2D eigenvalue weighted by atomic mass is 10.2. The number of nitrogens with one attached hydrogen (secondary N) is 1. The summed E-state index contributed by atoms with van der Waals surface area (Å²) >= 11 is 6.14. The topological polar surface area (TPSA) is 84.9 Å². The van der Waals surface area contributed by atoms with E-state index in [-0.39, 0.29) is 16.8 Å². The number of nitrogens with zero attached hydrogens (tertiary/aromatic N) is 1. The molecule has 1 amide bonds. The quantitative estimate of drug-likeness (QED) is 0.672. The normalized spacial score (nSPS) is 12.4. The van der Waals surface area contributed by atoms with E-state index in [9.17, 15) is 13.2 Å². The third kappa shape index (κ3) is 6.01. The van der Waals surface area contributed by atoms with Crippen LogP contribution < -0.4 is 19.1 Å². The highest BCUT2D eigenvalue weighted by Crippen LogP contribution is 2.31. The molecule has 1 unspecified atom stereocenters. The maximum absolute atomic E-state index is 12.8. The van der Waals surface area contributed by atoms with Crippen molar-refractivity contribution in [3.8, 4) is 11.5 Å². The minimum Gasteiger partial charge on any atom is -0.495 e. The molecule has 0 aliphatic carbocycles. The van der Waals surface area contributed by atoms with Crippen molar-refractivity contribution in [2.75, 3.05) is 23.0 Å². The Bertz CT molecular complexity index is 979. The largest absolute Gasteiger partial charge is 0.495 e. The summed E-state index contributed by atoms with van der Waals surface area (Å²) in [5, 5.41) is 2.97. The molecule has 0 aliphatic rings. The SMILES string of the molecule is COc1ccc(N(C(C)C(=O)Nc2cccc(OC(C)C)c2)S(C)(=O)=O)cc1Cl. The predicted molar refractivity (Wildman–Crippen MR) is 116 cm³/mol. The molecular formula is C20H25ClN2O5S. The molecule has 0 bridgehead atoms. The molecule has 0 heterocycles. The third-order valence-corrected chi connectivity index (χ3v) is 5.49. The van der Waals surface area contributed by atoms with Crippen molar-refractivity contribution < 1.29 is 22.7 Å². The second kappa shape index (κ2) is 9.37. The van der Waals surface area contributed by atoms with Gasteiger partial charge in [0.15, 0.2) is 0 Å². The molecular weight excluding hydrogens is 416 g/mol. The standard InChI is InChI=1S/C20H25ClN2O5S/c1-13(2)28-17-8-6-7-15(11-17)22-20(24)14(3)23(29(5,25)26)16-9-10-19(27-4)18(21)12-16/h6-14H,1-5H3,(H,22,24). The molecule has 2 aromatic carbocycles. The molecule has 2 aromatic rings. The van der Waals surface area contributed by atoms with Crippen LogP contribution >= 0.6 is 11.6 Å². The van der Waals surface area contributed by atoms with Gasteiger partial charge in [-0.25, -0.2) is 8.42 Å². The number of hydrogen-bond donors (Lipinski definition) is 1. The zero-order valence-corrected chi connectivity index (χ0v) is 18.5. The monoisotopic (exact) mass is 440 g/mol. The average molecular weight is 441 g/mol. The number of carbonyl (C=O) groups is 1. The van der Waals surface area contributed by atoms with E-state index in [1.807, 2.05) is 13.8 Å². The minimum atomic E-state index is -3.77. The summed E-state index contributed by atoms with van der Waals surface area (Å²) in [4.78, 5) is 12.8. The lowest BCUT2D eigenvalue weighted by Gasteiger charge is -2.28. The van der Waals surface area contributed by atoms with Crippen molar-refractivity contribution in [2.24, 2.45) is 0 Å². The number of sulfonamides is 1. The van der Waals surface area contributed by atoms with Gasteiger partial charge in [0.2, 0.25) is 15.9 Å². The summed E-state index contributed by atoms with van der Waals surface area (Å²) in [6.07, 6.45) is 1.02. The lowest BCUT2D eigenvalue weighted by Crippen LogP contribution is -2.45. The van der Waals surface area contributed by atoms with E-state index in [1.165, 1.54) is 26.2 Å². The van der Waals surface area contributed by atoms with Crippen LogP contribution in [0.1, 0.15) is 20.8 Å². The zero-order chi connectivity index (χ0) is 21.8. The van der Waals surface area contributed by atoms with Crippen LogP contribution in [0.5, 0.6) is 11.5 Å². The van der Waals surface area contributed by atoms with Crippen molar-refractivity contribution >= 4 is 38.9 Å². The first kappa shape index (κ1) is 22.8. The molecule has 0 aliphatic heterocycles. The Morgan fingerprint density at radius 1 is 1.14 bits per heavy atom. The Labute approximate surface area is 176 Å². The van der Waals surface area contributed by atoms with Crippen LogP contribution in [-0.4, -0.2) is 39.8 Å². The fourth-order valence-corrected chi connectivity index (χ4v) is 4.19. The molecule has 1 N–H and O–H groups in total. The second-order valence-electron chi connectivity index (χ2n) is 6.74. The third-order valence-electron chi connectivity index (χ3n) is 3.95. The van der Waals surface area contributed by atoms with Crippen molar-refractivity contribution in [1.29, 1.82) is 0 Å². The first-order valence-corrected chi connectivity index (χ1v) is 11.2. The molecule has 0 fully saturated rings. The maximum atomic E-state index is 12.8. The van der Waals surface area contributed by atoms with Crippen LogP contribution in [0.3, 0.4) is 0 Å². The Balaban J connectivity index is 2.29. The van der Waals surface area contributed by atoms with Crippen molar-refractivity contribution in [2.45, 2.75) is 32.9 Å². The van der Waals surface area contributed by atoms with E-state index in [0.29, 0.717) is 17.2 Å². The van der Waals surface area contributed by atoms with Crippen molar-refractivity contribution in [3.63, 3.8) is 0 Å². The van der Waals surface area contributed by atoms with Gasteiger partial charge in [-0.15, -0.1) is 0 Å². The van der Waals surface area contributed by atoms with Gasteiger partial charge in [0.1, 0.15) is 17.5 Å². The smallest absolute Gasteiger partial charge is 0.247 e. The number of ether oxygens (including phenoxy) is 2. The van der Waals surface area contributed by atoms with Crippen LogP contribution in [0.25, 0.3) is 0 Å². The molecule has 0 saturated heterocycles. The minimum absolute atomic E-state index is 0.0135. The number of benzene rings is 2. The van der Waals surface area contributed by atoms with Crippen LogP contribution in [0.2, 0.25) is 5.02 Å². The van der Waals surface area contributed by atoms with E-state index in [0.717, 1.165) is 10.6 Å². The molecule has 1 atom stereocenters. The molecule has 29 heavy (non-hydrogen) atoms. The van der Waals surface area contributed by atoms with Crippen LogP contribution in [0.15, 0.2) is 42.5 Å². The van der Waals surface area contributed by atoms with Gasteiger partial charge in [-0.3, -0.25) is 9.10 Å². The zero-order valence-electron chi connectivity index (χ0n) is 17.0. The molecule has 2 rings (SSSR count). The van der Waals surface area contributed by atoms with Gasteiger partial charge in [-0.05, 0) is 51.1 Å². The molecule has 0 saturated carbocycles. The predicted octanol–water partition coefficient (Wildman–Crippen LogP) is 3.93. The van der Waals surface area contributed by atoms with Gasteiger partial charge in [0, 0.05) is 11.8 Å². The Morgan fingerprint density at radius 3 is 2.38 bits per heavy atom. The summed E-state index contributed by atoms with van der Waals surface area (Å²) in [7, 11) is -2.31. The number of halogens is 1. The average Bonchev–Trinajstić information content (AvgIpc) is 2.60. The van der Waals surface area contributed by atoms with Crippen molar-refractivity contribution in [1.82, 2.24) is 0 Å². The number of rotatable bonds is 8.